The molecule has 1 aromatic heterocycles. The zero-order valence-electron chi connectivity index (χ0n) is 12.7. The van der Waals surface area contributed by atoms with Crippen molar-refractivity contribution in [3.63, 3.8) is 0 Å². The van der Waals surface area contributed by atoms with Crippen LogP contribution in [0.25, 0.3) is 22.3 Å². The number of hydrogen-bond acceptors (Lipinski definition) is 3. The number of pyridine rings is 1. The molecule has 0 spiro atoms. The van der Waals surface area contributed by atoms with Crippen molar-refractivity contribution in [3.8, 4) is 22.3 Å². The van der Waals surface area contributed by atoms with E-state index in [1.165, 1.54) is 30.5 Å². The summed E-state index contributed by atoms with van der Waals surface area (Å²) in [5.41, 5.74) is 2.35. The van der Waals surface area contributed by atoms with Crippen molar-refractivity contribution < 1.29 is 17.2 Å². The number of halogens is 2. The Morgan fingerprint density at radius 2 is 1.67 bits per heavy atom. The van der Waals surface area contributed by atoms with Gasteiger partial charge in [-0.25, -0.2) is 17.2 Å². The first-order valence-electron chi connectivity index (χ1n) is 7.06. The van der Waals surface area contributed by atoms with Crippen LogP contribution in [-0.2, 0) is 9.84 Å². The highest BCUT2D eigenvalue weighted by atomic mass is 32.2. The van der Waals surface area contributed by atoms with Gasteiger partial charge in [0, 0.05) is 24.2 Å². The molecule has 3 rings (SSSR count). The number of nitrogens with zero attached hydrogens (tertiary/aromatic N) is 1. The van der Waals surface area contributed by atoms with Gasteiger partial charge in [0.15, 0.2) is 9.84 Å². The van der Waals surface area contributed by atoms with Gasteiger partial charge in [-0.2, -0.15) is 0 Å². The van der Waals surface area contributed by atoms with Crippen molar-refractivity contribution in [2.75, 3.05) is 6.26 Å². The summed E-state index contributed by atoms with van der Waals surface area (Å²) in [6.07, 6.45) is 4.05. The van der Waals surface area contributed by atoms with Gasteiger partial charge in [0.25, 0.3) is 0 Å². The molecular weight excluding hydrogens is 332 g/mol. The summed E-state index contributed by atoms with van der Waals surface area (Å²) in [4.78, 5) is 3.68. The predicted molar refractivity (Wildman–Crippen MR) is 88.1 cm³/mol. The first-order chi connectivity index (χ1) is 11.4. The Morgan fingerprint density at radius 1 is 0.917 bits per heavy atom. The Bertz CT molecular complexity index is 1020. The predicted octanol–water partition coefficient (Wildman–Crippen LogP) is 4.10. The molecule has 122 valence electrons. The van der Waals surface area contributed by atoms with Gasteiger partial charge >= 0.3 is 0 Å². The monoisotopic (exact) mass is 345 g/mol. The number of sulfone groups is 1. The number of hydrogen-bond donors (Lipinski definition) is 0. The van der Waals surface area contributed by atoms with Crippen LogP contribution in [-0.4, -0.2) is 19.7 Å². The van der Waals surface area contributed by atoms with Gasteiger partial charge in [-0.15, -0.1) is 0 Å². The Kier molecular flexibility index (Phi) is 4.15. The van der Waals surface area contributed by atoms with E-state index in [1.807, 2.05) is 0 Å². The molecule has 1 heterocycles. The first kappa shape index (κ1) is 16.3. The molecular formula is C18H13F2NO2S. The van der Waals surface area contributed by atoms with Crippen LogP contribution in [0.4, 0.5) is 8.78 Å². The first-order valence-corrected chi connectivity index (χ1v) is 8.95. The third kappa shape index (κ3) is 3.19. The highest BCUT2D eigenvalue weighted by molar-refractivity contribution is 7.90. The molecule has 3 aromatic rings. The maximum Gasteiger partial charge on any atom is 0.178 e. The van der Waals surface area contributed by atoms with Crippen LogP contribution in [0.5, 0.6) is 0 Å². The van der Waals surface area contributed by atoms with Crippen LogP contribution in [0.15, 0.2) is 65.8 Å². The molecule has 0 saturated carbocycles. The topological polar surface area (TPSA) is 47.0 Å². The van der Waals surface area contributed by atoms with Crippen LogP contribution in [0.3, 0.4) is 0 Å². The number of benzene rings is 2. The molecule has 0 bridgehead atoms. The summed E-state index contributed by atoms with van der Waals surface area (Å²) in [6, 6.07) is 11.6. The molecule has 3 nitrogen and oxygen atoms in total. The van der Waals surface area contributed by atoms with Crippen molar-refractivity contribution in [2.24, 2.45) is 0 Å². The standard InChI is InChI=1S/C18H13F2NO2S/c1-24(22,23)18-6-5-13(10-17(18)20)16-11-21-8-7-15(16)12-3-2-4-14(19)9-12/h2-11H,1H3. The summed E-state index contributed by atoms with van der Waals surface area (Å²) in [6.45, 7) is 0. The minimum atomic E-state index is -3.64. The Hall–Kier alpha value is -2.60. The Balaban J connectivity index is 2.16. The lowest BCUT2D eigenvalue weighted by Crippen LogP contribution is -2.01. The van der Waals surface area contributed by atoms with E-state index in [1.54, 1.807) is 24.4 Å². The minimum Gasteiger partial charge on any atom is -0.264 e. The molecule has 24 heavy (non-hydrogen) atoms. The van der Waals surface area contributed by atoms with Crippen LogP contribution in [0.1, 0.15) is 0 Å². The lowest BCUT2D eigenvalue weighted by molar-refractivity contribution is 0.571. The van der Waals surface area contributed by atoms with Crippen LogP contribution >= 0.6 is 0 Å². The van der Waals surface area contributed by atoms with Crippen molar-refractivity contribution >= 4 is 9.84 Å². The zero-order chi connectivity index (χ0) is 17.3. The molecule has 0 amide bonds. The molecule has 0 aliphatic carbocycles. The van der Waals surface area contributed by atoms with Gasteiger partial charge in [-0.05, 0) is 47.0 Å². The summed E-state index contributed by atoms with van der Waals surface area (Å²) < 4.78 is 50.7. The largest absolute Gasteiger partial charge is 0.264 e. The maximum absolute atomic E-state index is 14.2. The lowest BCUT2D eigenvalue weighted by Gasteiger charge is -2.11. The van der Waals surface area contributed by atoms with Crippen molar-refractivity contribution in [1.29, 1.82) is 0 Å². The van der Waals surface area contributed by atoms with E-state index in [4.69, 9.17) is 0 Å². The third-order valence-electron chi connectivity index (χ3n) is 3.60. The molecule has 0 aliphatic heterocycles. The number of aromatic nitrogens is 1. The van der Waals surface area contributed by atoms with Crippen molar-refractivity contribution in [3.05, 3.63) is 72.6 Å². The van der Waals surface area contributed by atoms with Gasteiger partial charge in [0.05, 0.1) is 0 Å². The average molecular weight is 345 g/mol. The van der Waals surface area contributed by atoms with Crippen LogP contribution in [0, 0.1) is 11.6 Å². The van der Waals surface area contributed by atoms with Gasteiger partial charge in [-0.3, -0.25) is 4.98 Å². The highest BCUT2D eigenvalue weighted by Crippen LogP contribution is 2.32. The fourth-order valence-corrected chi connectivity index (χ4v) is 3.23. The van der Waals surface area contributed by atoms with Gasteiger partial charge < -0.3 is 0 Å². The molecule has 2 aromatic carbocycles. The maximum atomic E-state index is 14.2. The van der Waals surface area contributed by atoms with Gasteiger partial charge in [0.2, 0.25) is 0 Å². The third-order valence-corrected chi connectivity index (χ3v) is 4.73. The summed E-state index contributed by atoms with van der Waals surface area (Å²) in [5.74, 6) is -1.21. The quantitative estimate of drug-likeness (QED) is 0.718. The molecule has 0 N–H and O–H groups in total. The van der Waals surface area contributed by atoms with E-state index < -0.39 is 15.7 Å². The van der Waals surface area contributed by atoms with E-state index in [0.717, 1.165) is 12.3 Å². The summed E-state index contributed by atoms with van der Waals surface area (Å²) >= 11 is 0. The van der Waals surface area contributed by atoms with Crippen molar-refractivity contribution in [2.45, 2.75) is 4.90 Å². The fraction of sp³-hybridized carbons (Fsp3) is 0.0556. The summed E-state index contributed by atoms with van der Waals surface area (Å²) in [5, 5.41) is 0. The van der Waals surface area contributed by atoms with Crippen LogP contribution < -0.4 is 0 Å². The number of rotatable bonds is 3. The Morgan fingerprint density at radius 3 is 2.33 bits per heavy atom. The van der Waals surface area contributed by atoms with Gasteiger partial charge in [0.1, 0.15) is 16.5 Å². The highest BCUT2D eigenvalue weighted by Gasteiger charge is 2.16. The second kappa shape index (κ2) is 6.13. The molecule has 0 atom stereocenters. The molecule has 6 heteroatoms. The van der Waals surface area contributed by atoms with E-state index in [2.05, 4.69) is 4.98 Å². The van der Waals surface area contributed by atoms with Crippen molar-refractivity contribution in [1.82, 2.24) is 4.98 Å². The average Bonchev–Trinajstić information content (AvgIpc) is 2.53. The van der Waals surface area contributed by atoms with E-state index in [0.29, 0.717) is 22.3 Å². The second-order valence-electron chi connectivity index (χ2n) is 5.35. The van der Waals surface area contributed by atoms with E-state index >= 15 is 0 Å². The molecule has 0 radical (unpaired) electrons. The van der Waals surface area contributed by atoms with E-state index in [9.17, 15) is 17.2 Å². The normalized spacial score (nSPS) is 11.5. The second-order valence-corrected chi connectivity index (χ2v) is 7.33. The molecule has 0 fully saturated rings. The SMILES string of the molecule is CS(=O)(=O)c1ccc(-c2cnccc2-c2cccc(F)c2)cc1F. The lowest BCUT2D eigenvalue weighted by atomic mass is 9.96. The van der Waals surface area contributed by atoms with Crippen LogP contribution in [0.2, 0.25) is 0 Å². The minimum absolute atomic E-state index is 0.359. The molecule has 0 aliphatic rings. The molecule has 0 saturated heterocycles. The smallest absolute Gasteiger partial charge is 0.178 e. The molecule has 0 unspecified atom stereocenters. The zero-order valence-corrected chi connectivity index (χ0v) is 13.5. The summed E-state index contributed by atoms with van der Waals surface area (Å²) in [7, 11) is -3.64. The Labute approximate surface area is 138 Å². The van der Waals surface area contributed by atoms with Gasteiger partial charge in [-0.1, -0.05) is 18.2 Å². The van der Waals surface area contributed by atoms with E-state index in [-0.39, 0.29) is 10.7 Å². The fourth-order valence-electron chi connectivity index (χ4n) is 2.50.